The molecule has 0 aliphatic carbocycles. The smallest absolute Gasteiger partial charge is 0.221 e. The van der Waals surface area contributed by atoms with Crippen LogP contribution in [0.1, 0.15) is 0 Å². The summed E-state index contributed by atoms with van der Waals surface area (Å²) in [5.74, 6) is -0.0619. The third kappa shape index (κ3) is 1.27. The summed E-state index contributed by atoms with van der Waals surface area (Å²) >= 11 is 0. The average Bonchev–Trinajstić information content (AvgIpc) is 1.85. The molecule has 11 heavy (non-hydrogen) atoms. The van der Waals surface area contributed by atoms with Crippen molar-refractivity contribution >= 4 is 18.3 Å². The van der Waals surface area contributed by atoms with E-state index in [0.29, 0.717) is 6.41 Å². The molecule has 0 aromatic heterocycles. The van der Waals surface area contributed by atoms with Crippen LogP contribution in [-0.2, 0) is 4.79 Å². The molecule has 1 rings (SSSR count). The third-order valence-corrected chi connectivity index (χ3v) is 1.16. The molecule has 0 aromatic carbocycles. The fraction of sp³-hybridized carbons (Fsp3) is 0.250. The fourth-order valence-electron chi connectivity index (χ4n) is 0.654. The number of nitrogens with zero attached hydrogens (tertiary/aromatic N) is 3. The second-order valence-corrected chi connectivity index (χ2v) is 1.88. The van der Waals surface area contributed by atoms with Gasteiger partial charge in [0.05, 0.1) is 0 Å². The van der Waals surface area contributed by atoms with Gasteiger partial charge in [0, 0.05) is 0 Å². The van der Waals surface area contributed by atoms with Gasteiger partial charge in [-0.15, -0.1) is 0 Å². The highest BCUT2D eigenvalue weighted by Crippen LogP contribution is 1.97. The number of carbonyl (C=O) groups is 1. The molecule has 1 aliphatic rings. The number of aliphatic imine (C=N–C) groups is 2. The zero-order valence-electron chi connectivity index (χ0n) is 5.64. The predicted molar refractivity (Wildman–Crippen MR) is 39.1 cm³/mol. The summed E-state index contributed by atoms with van der Waals surface area (Å²) in [7, 11) is 0. The van der Waals surface area contributed by atoms with E-state index < -0.39 is 6.29 Å². The first-order chi connectivity index (χ1) is 5.15. The second-order valence-electron chi connectivity index (χ2n) is 1.88. The van der Waals surface area contributed by atoms with Gasteiger partial charge >= 0.3 is 0 Å². The minimum atomic E-state index is -0.856. The second kappa shape index (κ2) is 2.54. The van der Waals surface area contributed by atoms with Crippen molar-refractivity contribution in [2.45, 2.75) is 6.29 Å². The molecule has 1 aliphatic heterocycles. The molecule has 1 unspecified atom stereocenters. The Morgan fingerprint density at radius 2 is 2.18 bits per heavy atom. The number of amides is 1. The molecule has 1 amide bonds. The molecular weight excluding hydrogens is 148 g/mol. The van der Waals surface area contributed by atoms with Gasteiger partial charge in [-0.3, -0.25) is 10.5 Å². The highest BCUT2D eigenvalue weighted by atomic mass is 16.1. The van der Waals surface area contributed by atoms with Crippen LogP contribution >= 0.6 is 0 Å². The van der Waals surface area contributed by atoms with E-state index in [1.807, 2.05) is 0 Å². The number of rotatable bonds is 1. The molecule has 0 spiro atoms. The molecule has 6 N–H and O–H groups in total. The lowest BCUT2D eigenvalue weighted by molar-refractivity contribution is -0.116. The van der Waals surface area contributed by atoms with Crippen LogP contribution < -0.4 is 17.2 Å². The van der Waals surface area contributed by atoms with Crippen molar-refractivity contribution in [2.75, 3.05) is 0 Å². The van der Waals surface area contributed by atoms with Crippen LogP contribution in [0.4, 0.5) is 0 Å². The molecule has 0 radical (unpaired) electrons. The molecule has 0 aromatic rings. The van der Waals surface area contributed by atoms with Crippen LogP contribution in [0.2, 0.25) is 0 Å². The maximum Gasteiger partial charge on any atom is 0.221 e. The largest absolute Gasteiger partial charge is 0.369 e. The minimum Gasteiger partial charge on any atom is -0.369 e. The third-order valence-electron chi connectivity index (χ3n) is 1.16. The Labute approximate surface area is 62.6 Å². The molecule has 1 atom stereocenters. The van der Waals surface area contributed by atoms with Gasteiger partial charge in [-0.25, -0.2) is 9.89 Å². The molecule has 0 fully saturated rings. The molecule has 60 valence electrons. The molecule has 1 heterocycles. The lowest BCUT2D eigenvalue weighted by Crippen LogP contribution is -2.51. The zero-order valence-corrected chi connectivity index (χ0v) is 5.64. The summed E-state index contributed by atoms with van der Waals surface area (Å²) in [5, 5.41) is 0. The van der Waals surface area contributed by atoms with E-state index in [0.717, 1.165) is 4.90 Å². The summed E-state index contributed by atoms with van der Waals surface area (Å²) in [6.07, 6.45) is -0.413. The van der Waals surface area contributed by atoms with Crippen molar-refractivity contribution in [3.63, 3.8) is 0 Å². The van der Waals surface area contributed by atoms with Crippen molar-refractivity contribution < 1.29 is 4.79 Å². The Morgan fingerprint density at radius 3 is 2.64 bits per heavy atom. The molecule has 7 heteroatoms. The van der Waals surface area contributed by atoms with Crippen LogP contribution in [0.5, 0.6) is 0 Å². The lowest BCUT2D eigenvalue weighted by atomic mass is 10.6. The fourth-order valence-corrected chi connectivity index (χ4v) is 0.654. The van der Waals surface area contributed by atoms with Gasteiger partial charge in [0.2, 0.25) is 18.3 Å². The predicted octanol–water partition coefficient (Wildman–Crippen LogP) is -2.67. The maximum absolute atomic E-state index is 10.3. The molecule has 0 saturated heterocycles. The van der Waals surface area contributed by atoms with E-state index in [1.54, 1.807) is 0 Å². The summed E-state index contributed by atoms with van der Waals surface area (Å²) in [6.45, 7) is 0. The van der Waals surface area contributed by atoms with Gasteiger partial charge in [-0.05, 0) is 0 Å². The van der Waals surface area contributed by atoms with E-state index in [1.165, 1.54) is 0 Å². The number of guanidine groups is 2. The normalized spacial score (nSPS) is 24.1. The number of nitrogens with two attached hydrogens (primary N) is 3. The first-order valence-corrected chi connectivity index (χ1v) is 2.82. The lowest BCUT2D eigenvalue weighted by Gasteiger charge is -2.23. The zero-order chi connectivity index (χ0) is 8.43. The Balaban J connectivity index is 2.90. The topological polar surface area (TPSA) is 123 Å². The highest BCUT2D eigenvalue weighted by molar-refractivity contribution is 5.99. The van der Waals surface area contributed by atoms with Crippen molar-refractivity contribution in [2.24, 2.45) is 27.2 Å². The number of carbonyl (C=O) groups excluding carboxylic acids is 1. The molecular formula is C4H8N6O. The van der Waals surface area contributed by atoms with Crippen LogP contribution in [0, 0.1) is 0 Å². The number of hydrogen-bond donors (Lipinski definition) is 3. The Morgan fingerprint density at radius 1 is 1.55 bits per heavy atom. The van der Waals surface area contributed by atoms with Crippen LogP contribution in [-0.4, -0.2) is 29.5 Å². The summed E-state index contributed by atoms with van der Waals surface area (Å²) < 4.78 is 0. The van der Waals surface area contributed by atoms with E-state index in [4.69, 9.17) is 17.2 Å². The van der Waals surface area contributed by atoms with Gasteiger partial charge in [-0.1, -0.05) is 0 Å². The number of hydrogen-bond acceptors (Lipinski definition) is 6. The Kier molecular flexibility index (Phi) is 1.73. The SMILES string of the molecule is NC1=NC(N)N(C=O)C(N)=N1. The summed E-state index contributed by atoms with van der Waals surface area (Å²) in [4.78, 5) is 18.3. The van der Waals surface area contributed by atoms with Gasteiger partial charge < -0.3 is 11.5 Å². The van der Waals surface area contributed by atoms with E-state index in [-0.39, 0.29) is 11.9 Å². The van der Waals surface area contributed by atoms with Gasteiger partial charge in [0.25, 0.3) is 0 Å². The van der Waals surface area contributed by atoms with Crippen LogP contribution in [0.25, 0.3) is 0 Å². The monoisotopic (exact) mass is 156 g/mol. The standard InChI is InChI=1S/C4H8N6O/c5-2-8-3(6)10(1-11)4(7)9-2/h1,3H,6H2,(H4,5,7,8,9). The quantitative estimate of drug-likeness (QED) is 0.358. The highest BCUT2D eigenvalue weighted by Gasteiger charge is 2.19. The van der Waals surface area contributed by atoms with Crippen molar-refractivity contribution in [1.29, 1.82) is 0 Å². The van der Waals surface area contributed by atoms with E-state index in [2.05, 4.69) is 9.98 Å². The van der Waals surface area contributed by atoms with Gasteiger partial charge in [-0.2, -0.15) is 4.99 Å². The minimum absolute atomic E-state index is 0.0203. The molecule has 0 saturated carbocycles. The summed E-state index contributed by atoms with van der Waals surface area (Å²) in [5.41, 5.74) is 15.8. The molecule has 0 bridgehead atoms. The van der Waals surface area contributed by atoms with Gasteiger partial charge in [0.15, 0.2) is 6.29 Å². The molecule has 7 nitrogen and oxygen atoms in total. The van der Waals surface area contributed by atoms with E-state index >= 15 is 0 Å². The van der Waals surface area contributed by atoms with Crippen molar-refractivity contribution in [1.82, 2.24) is 4.90 Å². The van der Waals surface area contributed by atoms with Crippen molar-refractivity contribution in [3.8, 4) is 0 Å². The summed E-state index contributed by atoms with van der Waals surface area (Å²) in [6, 6.07) is 0. The Hall–Kier alpha value is -1.63. The van der Waals surface area contributed by atoms with Crippen LogP contribution in [0.15, 0.2) is 9.98 Å². The average molecular weight is 156 g/mol. The van der Waals surface area contributed by atoms with Crippen molar-refractivity contribution in [3.05, 3.63) is 0 Å². The first kappa shape index (κ1) is 7.48. The van der Waals surface area contributed by atoms with Crippen LogP contribution in [0.3, 0.4) is 0 Å². The van der Waals surface area contributed by atoms with Gasteiger partial charge in [0.1, 0.15) is 0 Å². The maximum atomic E-state index is 10.3. The Bertz CT molecular complexity index is 233. The first-order valence-electron chi connectivity index (χ1n) is 2.82. The van der Waals surface area contributed by atoms with E-state index in [9.17, 15) is 4.79 Å².